The van der Waals surface area contributed by atoms with Gasteiger partial charge in [0.05, 0.1) is 12.3 Å². The van der Waals surface area contributed by atoms with Crippen LogP contribution in [0.5, 0.6) is 5.75 Å². The molecule has 0 atom stereocenters. The second kappa shape index (κ2) is 9.56. The average molecular weight is 350 g/mol. The van der Waals surface area contributed by atoms with Gasteiger partial charge < -0.3 is 4.74 Å². The van der Waals surface area contributed by atoms with Gasteiger partial charge >= 0.3 is 0 Å². The fourth-order valence-corrected chi connectivity index (χ4v) is 3.85. The number of nitrogens with zero attached hydrogens (tertiary/aromatic N) is 1. The lowest BCUT2D eigenvalue weighted by molar-refractivity contribution is 0.329. The molecular weight excluding hydrogens is 318 g/mol. The van der Waals surface area contributed by atoms with Gasteiger partial charge in [-0.3, -0.25) is 4.99 Å². The molecule has 138 valence electrons. The fourth-order valence-electron chi connectivity index (χ4n) is 3.85. The third-order valence-electron chi connectivity index (χ3n) is 5.30. The molecule has 0 saturated heterocycles. The number of hydrogen-bond donors (Lipinski definition) is 0. The molecule has 2 nitrogen and oxygen atoms in total. The van der Waals surface area contributed by atoms with Crippen LogP contribution in [0.15, 0.2) is 47.5 Å². The van der Waals surface area contributed by atoms with Crippen LogP contribution < -0.4 is 4.74 Å². The van der Waals surface area contributed by atoms with E-state index in [1.54, 1.807) is 0 Å². The van der Waals surface area contributed by atoms with Crippen LogP contribution in [-0.4, -0.2) is 12.8 Å². The molecule has 1 aliphatic carbocycles. The topological polar surface area (TPSA) is 21.6 Å². The third kappa shape index (κ3) is 4.97. The van der Waals surface area contributed by atoms with Crippen molar-refractivity contribution in [3.63, 3.8) is 0 Å². The number of para-hydroxylation sites is 1. The molecule has 0 spiro atoms. The summed E-state index contributed by atoms with van der Waals surface area (Å²) in [6, 6.07) is 14.9. The van der Waals surface area contributed by atoms with Crippen molar-refractivity contribution >= 4 is 11.9 Å². The molecule has 1 saturated carbocycles. The van der Waals surface area contributed by atoms with Gasteiger partial charge in [-0.2, -0.15) is 0 Å². The lowest BCUT2D eigenvalue weighted by Crippen LogP contribution is -2.07. The summed E-state index contributed by atoms with van der Waals surface area (Å²) >= 11 is 0. The first kappa shape index (κ1) is 18.7. The van der Waals surface area contributed by atoms with Gasteiger partial charge in [0, 0.05) is 11.8 Å². The van der Waals surface area contributed by atoms with Crippen molar-refractivity contribution in [2.75, 3.05) is 6.61 Å². The molecule has 2 aromatic rings. The van der Waals surface area contributed by atoms with E-state index in [2.05, 4.69) is 61.3 Å². The van der Waals surface area contributed by atoms with E-state index in [-0.39, 0.29) is 0 Å². The van der Waals surface area contributed by atoms with Crippen molar-refractivity contribution in [1.82, 2.24) is 0 Å². The van der Waals surface area contributed by atoms with Crippen molar-refractivity contribution in [2.24, 2.45) is 4.99 Å². The molecule has 0 heterocycles. The van der Waals surface area contributed by atoms with E-state index in [4.69, 9.17) is 4.74 Å². The van der Waals surface area contributed by atoms with Crippen LogP contribution in [0, 0.1) is 6.92 Å². The Morgan fingerprint density at radius 1 is 0.962 bits per heavy atom. The molecule has 2 aromatic carbocycles. The molecule has 1 fully saturated rings. The Morgan fingerprint density at radius 3 is 2.35 bits per heavy atom. The quantitative estimate of drug-likeness (QED) is 0.534. The first-order valence-electron chi connectivity index (χ1n) is 10.1. The van der Waals surface area contributed by atoms with E-state index in [0.717, 1.165) is 17.0 Å². The molecule has 0 unspecified atom stereocenters. The number of rotatable bonds is 5. The highest BCUT2D eigenvalue weighted by Gasteiger charge is 2.19. The lowest BCUT2D eigenvalue weighted by atomic mass is 9.85. The molecule has 0 amide bonds. The van der Waals surface area contributed by atoms with E-state index < -0.39 is 0 Å². The molecule has 26 heavy (non-hydrogen) atoms. The molecule has 1 aliphatic rings. The highest BCUT2D eigenvalue weighted by molar-refractivity contribution is 5.86. The van der Waals surface area contributed by atoms with Gasteiger partial charge in [-0.25, -0.2) is 0 Å². The molecule has 0 bridgehead atoms. The molecule has 3 rings (SSSR count). The first-order chi connectivity index (χ1) is 12.8. The predicted molar refractivity (Wildman–Crippen MR) is 111 cm³/mol. The molecule has 0 aromatic heterocycles. The molecule has 0 radical (unpaired) electrons. The van der Waals surface area contributed by atoms with Gasteiger partial charge in [-0.15, -0.1) is 0 Å². The van der Waals surface area contributed by atoms with Crippen molar-refractivity contribution in [1.29, 1.82) is 0 Å². The standard InChI is InChI=1S/C24H31NO/c1-3-26-24-21(18-25-22-16-14-19(2)15-17-22)12-9-13-23(24)20-10-7-5-4-6-8-11-20/h9,12-18,20H,3-8,10-11H2,1-2H3/b25-18+. The van der Waals surface area contributed by atoms with Crippen molar-refractivity contribution in [2.45, 2.75) is 64.7 Å². The van der Waals surface area contributed by atoms with Gasteiger partial charge in [0.2, 0.25) is 0 Å². The molecule has 0 aliphatic heterocycles. The highest BCUT2D eigenvalue weighted by Crippen LogP contribution is 2.37. The summed E-state index contributed by atoms with van der Waals surface area (Å²) in [5, 5.41) is 0. The van der Waals surface area contributed by atoms with E-state index in [9.17, 15) is 0 Å². The summed E-state index contributed by atoms with van der Waals surface area (Å²) in [5.41, 5.74) is 4.70. The third-order valence-corrected chi connectivity index (χ3v) is 5.30. The summed E-state index contributed by atoms with van der Waals surface area (Å²) in [4.78, 5) is 4.68. The van der Waals surface area contributed by atoms with Crippen LogP contribution in [-0.2, 0) is 0 Å². The lowest BCUT2D eigenvalue weighted by Gasteiger charge is -2.23. The van der Waals surface area contributed by atoms with Gasteiger partial charge in [-0.05, 0) is 56.4 Å². The zero-order chi connectivity index (χ0) is 18.2. The maximum Gasteiger partial charge on any atom is 0.131 e. The van der Waals surface area contributed by atoms with Gasteiger partial charge in [-0.1, -0.05) is 61.9 Å². The van der Waals surface area contributed by atoms with E-state index in [1.165, 1.54) is 56.1 Å². The Kier molecular flexibility index (Phi) is 6.88. The first-order valence-corrected chi connectivity index (χ1v) is 10.1. The second-order valence-corrected chi connectivity index (χ2v) is 7.33. The van der Waals surface area contributed by atoms with Crippen LogP contribution >= 0.6 is 0 Å². The molecular formula is C24H31NO. The largest absolute Gasteiger partial charge is 0.493 e. The smallest absolute Gasteiger partial charge is 0.131 e. The summed E-state index contributed by atoms with van der Waals surface area (Å²) < 4.78 is 6.11. The van der Waals surface area contributed by atoms with E-state index in [0.29, 0.717) is 12.5 Å². The maximum absolute atomic E-state index is 6.11. The molecule has 0 N–H and O–H groups in total. The minimum Gasteiger partial charge on any atom is -0.493 e. The minimum absolute atomic E-state index is 0.615. The van der Waals surface area contributed by atoms with E-state index in [1.807, 2.05) is 6.21 Å². The molecule has 2 heteroatoms. The zero-order valence-corrected chi connectivity index (χ0v) is 16.2. The number of ether oxygens (including phenoxy) is 1. The minimum atomic E-state index is 0.615. The van der Waals surface area contributed by atoms with Crippen LogP contribution in [0.4, 0.5) is 5.69 Å². The Balaban J connectivity index is 1.88. The average Bonchev–Trinajstić information content (AvgIpc) is 2.62. The Hall–Kier alpha value is -2.09. The number of benzene rings is 2. The van der Waals surface area contributed by atoms with Crippen LogP contribution in [0.3, 0.4) is 0 Å². The summed E-state index contributed by atoms with van der Waals surface area (Å²) in [6.45, 7) is 4.85. The van der Waals surface area contributed by atoms with Gasteiger partial charge in [0.1, 0.15) is 5.75 Å². The summed E-state index contributed by atoms with van der Waals surface area (Å²) in [7, 11) is 0. The second-order valence-electron chi connectivity index (χ2n) is 7.33. The Bertz CT molecular complexity index is 709. The van der Waals surface area contributed by atoms with Crippen LogP contribution in [0.25, 0.3) is 0 Å². The number of hydrogen-bond acceptors (Lipinski definition) is 2. The van der Waals surface area contributed by atoms with Crippen molar-refractivity contribution in [3.05, 3.63) is 59.2 Å². The van der Waals surface area contributed by atoms with Gasteiger partial charge in [0.25, 0.3) is 0 Å². The number of aliphatic imine (C=N–C) groups is 1. The Morgan fingerprint density at radius 2 is 1.65 bits per heavy atom. The van der Waals surface area contributed by atoms with Gasteiger partial charge in [0.15, 0.2) is 0 Å². The summed E-state index contributed by atoms with van der Waals surface area (Å²) in [5.74, 6) is 1.65. The zero-order valence-electron chi connectivity index (χ0n) is 16.2. The predicted octanol–water partition coefficient (Wildman–Crippen LogP) is 6.97. The van der Waals surface area contributed by atoms with Crippen LogP contribution in [0.1, 0.15) is 74.5 Å². The fraction of sp³-hybridized carbons (Fsp3) is 0.458. The maximum atomic E-state index is 6.11. The highest BCUT2D eigenvalue weighted by atomic mass is 16.5. The summed E-state index contributed by atoms with van der Waals surface area (Å²) in [6.07, 6.45) is 11.3. The Labute approximate surface area is 158 Å². The normalized spacial score (nSPS) is 16.4. The van der Waals surface area contributed by atoms with Crippen LogP contribution in [0.2, 0.25) is 0 Å². The SMILES string of the molecule is CCOc1c(/C=N/c2ccc(C)cc2)cccc1C1CCCCCCC1. The van der Waals surface area contributed by atoms with Crippen molar-refractivity contribution in [3.8, 4) is 5.75 Å². The number of aryl methyl sites for hydroxylation is 1. The van der Waals surface area contributed by atoms with E-state index >= 15 is 0 Å². The van der Waals surface area contributed by atoms with Crippen molar-refractivity contribution < 1.29 is 4.74 Å². The monoisotopic (exact) mass is 349 g/mol.